The van der Waals surface area contributed by atoms with E-state index in [1.165, 1.54) is 6.42 Å². The van der Waals surface area contributed by atoms with Gasteiger partial charge in [0.15, 0.2) is 0 Å². The number of benzene rings is 1. The van der Waals surface area contributed by atoms with Crippen molar-refractivity contribution in [1.29, 1.82) is 0 Å². The second-order valence-electron chi connectivity index (χ2n) is 7.11. The van der Waals surface area contributed by atoms with Crippen LogP contribution in [0.4, 0.5) is 11.4 Å². The van der Waals surface area contributed by atoms with Crippen LogP contribution >= 0.6 is 0 Å². The van der Waals surface area contributed by atoms with Crippen LogP contribution in [0.3, 0.4) is 0 Å². The Morgan fingerprint density at radius 2 is 2.08 bits per heavy atom. The minimum Gasteiger partial charge on any atom is -0.376 e. The number of aryl methyl sites for hydroxylation is 1. The van der Waals surface area contributed by atoms with Gasteiger partial charge in [-0.05, 0) is 43.4 Å². The van der Waals surface area contributed by atoms with Crippen molar-refractivity contribution in [3.8, 4) is 0 Å². The molecular formula is C19H29N3O2. The molecule has 2 N–H and O–H groups in total. The van der Waals surface area contributed by atoms with Crippen molar-refractivity contribution in [2.24, 2.45) is 11.8 Å². The summed E-state index contributed by atoms with van der Waals surface area (Å²) in [4.78, 5) is 26.1. The summed E-state index contributed by atoms with van der Waals surface area (Å²) in [7, 11) is 0. The van der Waals surface area contributed by atoms with Crippen molar-refractivity contribution >= 4 is 23.2 Å². The third-order valence-corrected chi connectivity index (χ3v) is 4.47. The minimum absolute atomic E-state index is 0.0109. The number of nitrogens with one attached hydrogen (secondary N) is 2. The molecule has 1 atom stereocenters. The van der Waals surface area contributed by atoms with Gasteiger partial charge in [-0.2, -0.15) is 0 Å². The maximum atomic E-state index is 12.4. The van der Waals surface area contributed by atoms with E-state index in [0.717, 1.165) is 36.4 Å². The number of likely N-dealkylation sites (tertiary alicyclic amines) is 1. The van der Waals surface area contributed by atoms with Gasteiger partial charge in [-0.1, -0.05) is 26.8 Å². The van der Waals surface area contributed by atoms with Crippen LogP contribution in [0, 0.1) is 18.8 Å². The number of amides is 2. The lowest BCUT2D eigenvalue weighted by Crippen LogP contribution is -2.42. The molecule has 0 spiro atoms. The minimum atomic E-state index is -0.0645. The molecule has 1 aliphatic heterocycles. The number of hydrogen-bond donors (Lipinski definition) is 2. The van der Waals surface area contributed by atoms with Gasteiger partial charge >= 0.3 is 0 Å². The Balaban J connectivity index is 1.96. The summed E-state index contributed by atoms with van der Waals surface area (Å²) in [6.07, 6.45) is 2.29. The largest absolute Gasteiger partial charge is 0.376 e. The fourth-order valence-corrected chi connectivity index (χ4v) is 2.88. The van der Waals surface area contributed by atoms with Crippen molar-refractivity contribution in [3.05, 3.63) is 23.8 Å². The molecule has 132 valence electrons. The van der Waals surface area contributed by atoms with Crippen LogP contribution in [-0.4, -0.2) is 36.3 Å². The summed E-state index contributed by atoms with van der Waals surface area (Å²) in [5.74, 6) is 0.644. The molecule has 0 saturated carbocycles. The summed E-state index contributed by atoms with van der Waals surface area (Å²) in [5.41, 5.74) is 2.69. The number of rotatable bonds is 5. The number of carbonyl (C=O) groups is 2. The second-order valence-corrected chi connectivity index (χ2v) is 7.11. The first-order chi connectivity index (χ1) is 11.4. The predicted molar refractivity (Wildman–Crippen MR) is 98.1 cm³/mol. The lowest BCUT2D eigenvalue weighted by atomic mass is 10.0. The topological polar surface area (TPSA) is 61.4 Å². The Hall–Kier alpha value is -2.04. The third kappa shape index (κ3) is 4.98. The van der Waals surface area contributed by atoms with E-state index in [1.807, 2.05) is 43.9 Å². The van der Waals surface area contributed by atoms with Gasteiger partial charge in [0.05, 0.1) is 6.54 Å². The fourth-order valence-electron chi connectivity index (χ4n) is 2.88. The third-order valence-electron chi connectivity index (χ3n) is 4.47. The van der Waals surface area contributed by atoms with Crippen molar-refractivity contribution in [2.75, 3.05) is 30.3 Å². The SMILES string of the molecule is Cc1ccc(NC(=O)C(C)C)cc1NCC(=O)N1CCC[C@@H](C)C1. The van der Waals surface area contributed by atoms with E-state index in [4.69, 9.17) is 0 Å². The van der Waals surface area contributed by atoms with Crippen LogP contribution < -0.4 is 10.6 Å². The fraction of sp³-hybridized carbons (Fsp3) is 0.579. The molecular weight excluding hydrogens is 302 g/mol. The Bertz CT molecular complexity index is 598. The molecule has 5 nitrogen and oxygen atoms in total. The molecule has 1 aromatic carbocycles. The number of hydrogen-bond acceptors (Lipinski definition) is 3. The molecule has 0 unspecified atom stereocenters. The van der Waals surface area contributed by atoms with Gasteiger partial charge in [-0.15, -0.1) is 0 Å². The summed E-state index contributed by atoms with van der Waals surface area (Å²) < 4.78 is 0. The summed E-state index contributed by atoms with van der Waals surface area (Å²) in [5, 5.41) is 6.12. The Kier molecular flexibility index (Phi) is 6.23. The highest BCUT2D eigenvalue weighted by Gasteiger charge is 2.20. The zero-order chi connectivity index (χ0) is 17.7. The molecule has 0 aliphatic carbocycles. The standard InChI is InChI=1S/C19H29N3O2/c1-13(2)19(24)21-16-8-7-15(4)17(10-16)20-11-18(23)22-9-5-6-14(3)12-22/h7-8,10,13-14,20H,5-6,9,11-12H2,1-4H3,(H,21,24)/t14-/m1/s1. The lowest BCUT2D eigenvalue weighted by molar-refractivity contribution is -0.131. The molecule has 2 rings (SSSR count). The number of nitrogens with zero attached hydrogens (tertiary/aromatic N) is 1. The van der Waals surface area contributed by atoms with Crippen LogP contribution in [0.2, 0.25) is 0 Å². The zero-order valence-electron chi connectivity index (χ0n) is 15.2. The highest BCUT2D eigenvalue weighted by Crippen LogP contribution is 2.21. The monoisotopic (exact) mass is 331 g/mol. The number of piperidine rings is 1. The van der Waals surface area contributed by atoms with Gasteiger partial charge in [-0.25, -0.2) is 0 Å². The average molecular weight is 331 g/mol. The van der Waals surface area contributed by atoms with Crippen molar-refractivity contribution in [2.45, 2.75) is 40.5 Å². The van der Waals surface area contributed by atoms with E-state index in [0.29, 0.717) is 5.92 Å². The summed E-state index contributed by atoms with van der Waals surface area (Å²) >= 11 is 0. The molecule has 1 fully saturated rings. The maximum absolute atomic E-state index is 12.4. The maximum Gasteiger partial charge on any atom is 0.241 e. The van der Waals surface area contributed by atoms with Crippen LogP contribution in [0.1, 0.15) is 39.2 Å². The summed E-state index contributed by atoms with van der Waals surface area (Å²) in [6.45, 7) is 9.90. The second kappa shape index (κ2) is 8.18. The number of anilines is 2. The summed E-state index contributed by atoms with van der Waals surface area (Å²) in [6, 6.07) is 5.72. The van der Waals surface area contributed by atoms with E-state index in [1.54, 1.807) is 0 Å². The average Bonchev–Trinajstić information content (AvgIpc) is 2.54. The number of carbonyl (C=O) groups excluding carboxylic acids is 2. The lowest BCUT2D eigenvalue weighted by Gasteiger charge is -2.31. The van der Waals surface area contributed by atoms with Crippen molar-refractivity contribution < 1.29 is 9.59 Å². The molecule has 5 heteroatoms. The van der Waals surface area contributed by atoms with Crippen LogP contribution in [0.5, 0.6) is 0 Å². The molecule has 1 saturated heterocycles. The normalized spacial score (nSPS) is 17.7. The molecule has 24 heavy (non-hydrogen) atoms. The van der Waals surface area contributed by atoms with Gasteiger partial charge < -0.3 is 15.5 Å². The van der Waals surface area contributed by atoms with E-state index < -0.39 is 0 Å². The van der Waals surface area contributed by atoms with Gasteiger partial charge in [-0.3, -0.25) is 9.59 Å². The molecule has 0 aromatic heterocycles. The Morgan fingerprint density at radius 1 is 1.33 bits per heavy atom. The molecule has 0 radical (unpaired) electrons. The highest BCUT2D eigenvalue weighted by molar-refractivity contribution is 5.92. The quantitative estimate of drug-likeness (QED) is 0.870. The van der Waals surface area contributed by atoms with Gasteiger partial charge in [0.25, 0.3) is 0 Å². The molecule has 2 amide bonds. The van der Waals surface area contributed by atoms with E-state index in [2.05, 4.69) is 17.6 Å². The van der Waals surface area contributed by atoms with Gasteiger partial charge in [0.1, 0.15) is 0 Å². The van der Waals surface area contributed by atoms with Crippen molar-refractivity contribution in [3.63, 3.8) is 0 Å². The first kappa shape index (κ1) is 18.3. The van der Waals surface area contributed by atoms with Crippen LogP contribution in [-0.2, 0) is 9.59 Å². The van der Waals surface area contributed by atoms with Gasteiger partial charge in [0, 0.05) is 30.4 Å². The molecule has 1 aliphatic rings. The first-order valence-corrected chi connectivity index (χ1v) is 8.80. The Morgan fingerprint density at radius 3 is 2.75 bits per heavy atom. The highest BCUT2D eigenvalue weighted by atomic mass is 16.2. The van der Waals surface area contributed by atoms with Crippen LogP contribution in [0.15, 0.2) is 18.2 Å². The predicted octanol–water partition coefficient (Wildman–Crippen LogP) is 3.26. The van der Waals surface area contributed by atoms with Gasteiger partial charge in [0.2, 0.25) is 11.8 Å². The molecule has 0 bridgehead atoms. The van der Waals surface area contributed by atoms with Crippen LogP contribution in [0.25, 0.3) is 0 Å². The molecule has 1 aromatic rings. The smallest absolute Gasteiger partial charge is 0.241 e. The van der Waals surface area contributed by atoms with E-state index >= 15 is 0 Å². The molecule has 1 heterocycles. The Labute approximate surface area is 144 Å². The zero-order valence-corrected chi connectivity index (χ0v) is 15.2. The first-order valence-electron chi connectivity index (χ1n) is 8.80. The van der Waals surface area contributed by atoms with Crippen molar-refractivity contribution in [1.82, 2.24) is 4.90 Å². The van der Waals surface area contributed by atoms with E-state index in [9.17, 15) is 9.59 Å². The van der Waals surface area contributed by atoms with E-state index in [-0.39, 0.29) is 24.3 Å².